The molecule has 0 radical (unpaired) electrons. The van der Waals surface area contributed by atoms with Gasteiger partial charge in [-0.05, 0) is 25.0 Å². The van der Waals surface area contributed by atoms with Crippen LogP contribution in [-0.4, -0.2) is 46.2 Å². The lowest BCUT2D eigenvalue weighted by Gasteiger charge is -2.14. The van der Waals surface area contributed by atoms with Crippen molar-refractivity contribution >= 4 is 17.5 Å². The van der Waals surface area contributed by atoms with Crippen LogP contribution in [0.1, 0.15) is 19.3 Å². The highest BCUT2D eigenvalue weighted by atomic mass is 16.5. The van der Waals surface area contributed by atoms with E-state index in [1.807, 2.05) is 35.2 Å². The molecule has 2 aromatic rings. The van der Waals surface area contributed by atoms with Crippen LogP contribution in [-0.2, 0) is 16.1 Å². The molecule has 0 bridgehead atoms. The van der Waals surface area contributed by atoms with Crippen molar-refractivity contribution in [2.24, 2.45) is 0 Å². The molecule has 0 aliphatic carbocycles. The molecule has 1 aromatic carbocycles. The molecule has 0 unspecified atom stereocenters. The van der Waals surface area contributed by atoms with Crippen molar-refractivity contribution in [3.63, 3.8) is 0 Å². The maximum atomic E-state index is 12.1. The Morgan fingerprint density at radius 2 is 1.92 bits per heavy atom. The summed E-state index contributed by atoms with van der Waals surface area (Å²) in [6.45, 7) is 2.15. The van der Waals surface area contributed by atoms with Gasteiger partial charge in [0, 0.05) is 19.3 Å². The molecular weight excluding hydrogens is 320 g/mol. The van der Waals surface area contributed by atoms with Crippen LogP contribution in [0.5, 0.6) is 5.75 Å². The van der Waals surface area contributed by atoms with E-state index in [9.17, 15) is 9.59 Å². The van der Waals surface area contributed by atoms with Gasteiger partial charge in [0.2, 0.25) is 11.8 Å². The molecule has 7 heteroatoms. The molecule has 7 nitrogen and oxygen atoms in total. The molecule has 2 heterocycles. The number of ether oxygens (including phenoxy) is 1. The third kappa shape index (κ3) is 5.07. The fourth-order valence-electron chi connectivity index (χ4n) is 2.72. The van der Waals surface area contributed by atoms with Crippen molar-refractivity contribution in [3.8, 4) is 5.75 Å². The standard InChI is InChI=1S/C18H22N4O3/c23-17(8-11-25-16-6-2-1-3-7-16)20-15-12-19-22(13-15)14-18(24)21-9-4-5-10-21/h1-3,6-7,12-13H,4-5,8-11,14H2,(H,20,23). The fourth-order valence-corrected chi connectivity index (χ4v) is 2.72. The average Bonchev–Trinajstić information content (AvgIpc) is 3.28. The number of likely N-dealkylation sites (tertiary alicyclic amines) is 1. The van der Waals surface area contributed by atoms with Crippen LogP contribution >= 0.6 is 0 Å². The van der Waals surface area contributed by atoms with Gasteiger partial charge in [-0.2, -0.15) is 5.10 Å². The van der Waals surface area contributed by atoms with Gasteiger partial charge in [-0.15, -0.1) is 0 Å². The lowest BCUT2D eigenvalue weighted by atomic mass is 10.3. The van der Waals surface area contributed by atoms with Crippen LogP contribution in [0.3, 0.4) is 0 Å². The molecule has 0 spiro atoms. The summed E-state index contributed by atoms with van der Waals surface area (Å²) in [6.07, 6.45) is 5.60. The number of para-hydroxylation sites is 1. The quantitative estimate of drug-likeness (QED) is 0.834. The van der Waals surface area contributed by atoms with Gasteiger partial charge in [0.15, 0.2) is 0 Å². The number of nitrogens with zero attached hydrogens (tertiary/aromatic N) is 3. The summed E-state index contributed by atoms with van der Waals surface area (Å²) in [5.74, 6) is 0.652. The Balaban J connectivity index is 1.41. The van der Waals surface area contributed by atoms with Gasteiger partial charge in [-0.1, -0.05) is 18.2 Å². The number of rotatable bonds is 7. The van der Waals surface area contributed by atoms with E-state index in [-0.39, 0.29) is 24.8 Å². The summed E-state index contributed by atoms with van der Waals surface area (Å²) in [7, 11) is 0. The van der Waals surface area contributed by atoms with E-state index in [4.69, 9.17) is 4.74 Å². The second-order valence-electron chi connectivity index (χ2n) is 5.97. The highest BCUT2D eigenvalue weighted by molar-refractivity contribution is 5.90. The summed E-state index contributed by atoms with van der Waals surface area (Å²) >= 11 is 0. The topological polar surface area (TPSA) is 76.5 Å². The van der Waals surface area contributed by atoms with Gasteiger partial charge >= 0.3 is 0 Å². The number of amides is 2. The molecule has 1 aliphatic rings. The molecule has 1 aliphatic heterocycles. The molecule has 2 amide bonds. The predicted molar refractivity (Wildman–Crippen MR) is 93.2 cm³/mol. The fraction of sp³-hybridized carbons (Fsp3) is 0.389. The van der Waals surface area contributed by atoms with Crippen LogP contribution in [0.15, 0.2) is 42.7 Å². The zero-order valence-corrected chi connectivity index (χ0v) is 14.1. The smallest absolute Gasteiger partial charge is 0.244 e. The van der Waals surface area contributed by atoms with E-state index < -0.39 is 0 Å². The highest BCUT2D eigenvalue weighted by Gasteiger charge is 2.18. The summed E-state index contributed by atoms with van der Waals surface area (Å²) < 4.78 is 7.05. The van der Waals surface area contributed by atoms with E-state index in [1.54, 1.807) is 17.1 Å². The predicted octanol–water partition coefficient (Wildman–Crippen LogP) is 1.91. The van der Waals surface area contributed by atoms with E-state index in [0.717, 1.165) is 31.7 Å². The first kappa shape index (κ1) is 17.0. The SMILES string of the molecule is O=C(CCOc1ccccc1)Nc1cnn(CC(=O)N2CCCC2)c1. The van der Waals surface area contributed by atoms with Crippen molar-refractivity contribution < 1.29 is 14.3 Å². The maximum absolute atomic E-state index is 12.1. The monoisotopic (exact) mass is 342 g/mol. The molecule has 0 saturated carbocycles. The first-order chi connectivity index (χ1) is 12.2. The van der Waals surface area contributed by atoms with Crippen LogP contribution in [0, 0.1) is 0 Å². The molecule has 132 valence electrons. The van der Waals surface area contributed by atoms with Crippen LogP contribution in [0.2, 0.25) is 0 Å². The minimum absolute atomic E-state index is 0.0646. The normalized spacial score (nSPS) is 13.7. The summed E-state index contributed by atoms with van der Waals surface area (Å²) in [5, 5.41) is 6.90. The lowest BCUT2D eigenvalue weighted by Crippen LogP contribution is -2.31. The van der Waals surface area contributed by atoms with Crippen LogP contribution in [0.4, 0.5) is 5.69 Å². The average molecular weight is 342 g/mol. The van der Waals surface area contributed by atoms with Crippen molar-refractivity contribution in [2.45, 2.75) is 25.8 Å². The molecule has 1 aromatic heterocycles. The highest BCUT2D eigenvalue weighted by Crippen LogP contribution is 2.11. The second-order valence-corrected chi connectivity index (χ2v) is 5.97. The number of carbonyl (C=O) groups is 2. The zero-order valence-electron chi connectivity index (χ0n) is 14.1. The molecule has 3 rings (SSSR count). The number of aromatic nitrogens is 2. The Kier molecular flexibility index (Phi) is 5.66. The van der Waals surface area contributed by atoms with E-state index in [2.05, 4.69) is 10.4 Å². The summed E-state index contributed by atoms with van der Waals surface area (Å²) in [6, 6.07) is 9.37. The summed E-state index contributed by atoms with van der Waals surface area (Å²) in [4.78, 5) is 25.9. The summed E-state index contributed by atoms with van der Waals surface area (Å²) in [5.41, 5.74) is 0.582. The number of nitrogens with one attached hydrogen (secondary N) is 1. The minimum Gasteiger partial charge on any atom is -0.493 e. The first-order valence-electron chi connectivity index (χ1n) is 8.48. The Hall–Kier alpha value is -2.83. The van der Waals surface area contributed by atoms with Gasteiger partial charge in [-0.3, -0.25) is 14.3 Å². The van der Waals surface area contributed by atoms with Gasteiger partial charge < -0.3 is 15.0 Å². The zero-order chi connectivity index (χ0) is 17.5. The Morgan fingerprint density at radius 1 is 1.16 bits per heavy atom. The Labute approximate surface area is 146 Å². The minimum atomic E-state index is -0.152. The third-order valence-corrected chi connectivity index (χ3v) is 4.01. The van der Waals surface area contributed by atoms with Gasteiger partial charge in [0.1, 0.15) is 12.3 Å². The van der Waals surface area contributed by atoms with E-state index in [0.29, 0.717) is 12.3 Å². The van der Waals surface area contributed by atoms with Crippen LogP contribution in [0.25, 0.3) is 0 Å². The van der Waals surface area contributed by atoms with Gasteiger partial charge in [0.25, 0.3) is 0 Å². The van der Waals surface area contributed by atoms with Crippen molar-refractivity contribution in [1.29, 1.82) is 0 Å². The molecule has 25 heavy (non-hydrogen) atoms. The first-order valence-corrected chi connectivity index (χ1v) is 8.48. The number of hydrogen-bond acceptors (Lipinski definition) is 4. The van der Waals surface area contributed by atoms with Gasteiger partial charge in [-0.25, -0.2) is 0 Å². The van der Waals surface area contributed by atoms with Crippen LogP contribution < -0.4 is 10.1 Å². The Morgan fingerprint density at radius 3 is 2.68 bits per heavy atom. The molecule has 0 atom stereocenters. The molecule has 1 fully saturated rings. The Bertz CT molecular complexity index is 708. The third-order valence-electron chi connectivity index (χ3n) is 4.01. The van der Waals surface area contributed by atoms with Crippen molar-refractivity contribution in [3.05, 3.63) is 42.7 Å². The largest absolute Gasteiger partial charge is 0.493 e. The number of benzene rings is 1. The molecule has 1 saturated heterocycles. The van der Waals surface area contributed by atoms with Crippen molar-refractivity contribution in [1.82, 2.24) is 14.7 Å². The molecular formula is C18H22N4O3. The van der Waals surface area contributed by atoms with E-state index in [1.165, 1.54) is 0 Å². The number of carbonyl (C=O) groups excluding carboxylic acids is 2. The molecule has 1 N–H and O–H groups in total. The maximum Gasteiger partial charge on any atom is 0.244 e. The second kappa shape index (κ2) is 8.32. The number of anilines is 1. The van der Waals surface area contributed by atoms with Gasteiger partial charge in [0.05, 0.1) is 24.9 Å². The van der Waals surface area contributed by atoms with Crippen molar-refractivity contribution in [2.75, 3.05) is 25.0 Å². The number of hydrogen-bond donors (Lipinski definition) is 1. The van der Waals surface area contributed by atoms with E-state index >= 15 is 0 Å². The lowest BCUT2D eigenvalue weighted by molar-refractivity contribution is -0.130.